The summed E-state index contributed by atoms with van der Waals surface area (Å²) in [5, 5.41) is 0.117. The van der Waals surface area contributed by atoms with Gasteiger partial charge in [-0.2, -0.15) is 0 Å². The Bertz CT molecular complexity index is 806. The molecule has 1 aromatic carbocycles. The number of halogens is 2. The predicted molar refractivity (Wildman–Crippen MR) is 94.2 cm³/mol. The van der Waals surface area contributed by atoms with E-state index in [1.807, 2.05) is 15.5 Å². The van der Waals surface area contributed by atoms with Crippen molar-refractivity contribution in [3.05, 3.63) is 52.8 Å². The third-order valence-corrected chi connectivity index (χ3v) is 5.20. The summed E-state index contributed by atoms with van der Waals surface area (Å²) < 4.78 is 21.0. The van der Waals surface area contributed by atoms with Gasteiger partial charge in [0.1, 0.15) is 11.9 Å². The number of imidazole rings is 1. The van der Waals surface area contributed by atoms with Gasteiger partial charge in [0.2, 0.25) is 5.91 Å². The third kappa shape index (κ3) is 3.47. The Labute approximate surface area is 156 Å². The number of amides is 1. The van der Waals surface area contributed by atoms with Crippen molar-refractivity contribution in [1.29, 1.82) is 0 Å². The van der Waals surface area contributed by atoms with E-state index in [1.165, 1.54) is 6.07 Å². The highest BCUT2D eigenvalue weighted by molar-refractivity contribution is 6.30. The first-order chi connectivity index (χ1) is 12.6. The summed E-state index contributed by atoms with van der Waals surface area (Å²) in [6.07, 6.45) is 3.51. The summed E-state index contributed by atoms with van der Waals surface area (Å²) >= 11 is 5.77. The normalized spacial score (nSPS) is 20.8. The number of morpholine rings is 1. The summed E-state index contributed by atoms with van der Waals surface area (Å²) in [6, 6.07) is 4.51. The monoisotopic (exact) mass is 378 g/mol. The van der Waals surface area contributed by atoms with Gasteiger partial charge in [-0.1, -0.05) is 17.7 Å². The molecule has 0 saturated carbocycles. The van der Waals surface area contributed by atoms with E-state index in [1.54, 1.807) is 18.6 Å². The molecular formula is C18H20ClFN4O2. The van der Waals surface area contributed by atoms with Crippen molar-refractivity contribution in [2.45, 2.75) is 19.1 Å². The van der Waals surface area contributed by atoms with Crippen molar-refractivity contribution in [2.75, 3.05) is 32.8 Å². The molecule has 0 N–H and O–H groups in total. The Kier molecular flexibility index (Phi) is 4.93. The van der Waals surface area contributed by atoms with Crippen LogP contribution in [0.15, 0.2) is 30.7 Å². The van der Waals surface area contributed by atoms with E-state index >= 15 is 0 Å². The zero-order chi connectivity index (χ0) is 18.1. The molecule has 2 aliphatic rings. The Morgan fingerprint density at radius 3 is 2.92 bits per heavy atom. The van der Waals surface area contributed by atoms with Gasteiger partial charge >= 0.3 is 0 Å². The number of ether oxygens (including phenoxy) is 1. The SMILES string of the molecule is O=C([C@@H]1CN(Cc2ccc(Cl)c(F)c2)Cc2cncn21)N1CCOCC1. The molecule has 138 valence electrons. The number of carbonyl (C=O) groups excluding carboxylic acids is 1. The van der Waals surface area contributed by atoms with Crippen LogP contribution < -0.4 is 0 Å². The third-order valence-electron chi connectivity index (χ3n) is 4.90. The van der Waals surface area contributed by atoms with Crippen LogP contribution in [-0.2, 0) is 22.6 Å². The zero-order valence-electron chi connectivity index (χ0n) is 14.3. The average Bonchev–Trinajstić information content (AvgIpc) is 3.13. The molecule has 2 aliphatic heterocycles. The van der Waals surface area contributed by atoms with Crippen LogP contribution in [-0.4, -0.2) is 58.1 Å². The Morgan fingerprint density at radius 1 is 1.35 bits per heavy atom. The fourth-order valence-electron chi connectivity index (χ4n) is 3.57. The second kappa shape index (κ2) is 7.34. The van der Waals surface area contributed by atoms with Crippen molar-refractivity contribution in [2.24, 2.45) is 0 Å². The number of rotatable bonds is 3. The fraction of sp³-hybridized carbons (Fsp3) is 0.444. The summed E-state index contributed by atoms with van der Waals surface area (Å²) in [6.45, 7) is 4.14. The molecule has 0 spiro atoms. The maximum atomic E-state index is 13.7. The van der Waals surface area contributed by atoms with Crippen LogP contribution in [0, 0.1) is 5.82 Å². The number of fused-ring (bicyclic) bond motifs is 1. The first-order valence-corrected chi connectivity index (χ1v) is 9.03. The minimum atomic E-state index is -0.424. The standard InChI is InChI=1S/C18H20ClFN4O2/c19-15-2-1-13(7-16(15)20)9-22-10-14-8-21-12-24(14)17(11-22)18(25)23-3-5-26-6-4-23/h1-2,7-8,12,17H,3-6,9-11H2/t17-/m0/s1. The van der Waals surface area contributed by atoms with Gasteiger partial charge in [-0.15, -0.1) is 0 Å². The van der Waals surface area contributed by atoms with E-state index < -0.39 is 5.82 Å². The molecule has 0 aliphatic carbocycles. The Morgan fingerprint density at radius 2 is 2.15 bits per heavy atom. The topological polar surface area (TPSA) is 50.6 Å². The number of nitrogens with zero attached hydrogens (tertiary/aromatic N) is 4. The first kappa shape index (κ1) is 17.5. The van der Waals surface area contributed by atoms with Crippen LogP contribution in [0.4, 0.5) is 4.39 Å². The second-order valence-electron chi connectivity index (χ2n) is 6.66. The van der Waals surface area contributed by atoms with E-state index in [4.69, 9.17) is 16.3 Å². The highest BCUT2D eigenvalue weighted by Gasteiger charge is 2.33. The van der Waals surface area contributed by atoms with Crippen LogP contribution in [0.2, 0.25) is 5.02 Å². The van der Waals surface area contributed by atoms with Gasteiger partial charge in [-0.25, -0.2) is 9.37 Å². The van der Waals surface area contributed by atoms with Crippen molar-refractivity contribution in [3.8, 4) is 0 Å². The van der Waals surface area contributed by atoms with Gasteiger partial charge in [0.05, 0.1) is 30.3 Å². The van der Waals surface area contributed by atoms with Gasteiger partial charge in [-0.3, -0.25) is 9.69 Å². The lowest BCUT2D eigenvalue weighted by atomic mass is 10.1. The molecule has 0 unspecified atom stereocenters. The Hall–Kier alpha value is -1.96. The molecule has 26 heavy (non-hydrogen) atoms. The van der Waals surface area contributed by atoms with E-state index in [0.717, 1.165) is 11.3 Å². The molecular weight excluding hydrogens is 359 g/mol. The minimum absolute atomic E-state index is 0.0829. The van der Waals surface area contributed by atoms with Crippen molar-refractivity contribution >= 4 is 17.5 Å². The van der Waals surface area contributed by atoms with Crippen molar-refractivity contribution < 1.29 is 13.9 Å². The summed E-state index contributed by atoms with van der Waals surface area (Å²) in [4.78, 5) is 21.2. The number of benzene rings is 1. The number of hydrogen-bond acceptors (Lipinski definition) is 4. The molecule has 0 bridgehead atoms. The fourth-order valence-corrected chi connectivity index (χ4v) is 3.69. The largest absolute Gasteiger partial charge is 0.378 e. The molecule has 1 fully saturated rings. The number of hydrogen-bond donors (Lipinski definition) is 0. The van der Waals surface area contributed by atoms with Crippen molar-refractivity contribution in [1.82, 2.24) is 19.4 Å². The maximum Gasteiger partial charge on any atom is 0.247 e. The maximum absolute atomic E-state index is 13.7. The van der Waals surface area contributed by atoms with Gasteiger partial charge < -0.3 is 14.2 Å². The molecule has 1 saturated heterocycles. The van der Waals surface area contributed by atoms with E-state index in [-0.39, 0.29) is 17.0 Å². The molecule has 4 rings (SSSR count). The molecule has 1 aromatic heterocycles. The first-order valence-electron chi connectivity index (χ1n) is 8.65. The lowest BCUT2D eigenvalue weighted by molar-refractivity contribution is -0.140. The smallest absolute Gasteiger partial charge is 0.247 e. The zero-order valence-corrected chi connectivity index (χ0v) is 15.0. The number of aromatic nitrogens is 2. The van der Waals surface area contributed by atoms with E-state index in [0.29, 0.717) is 45.9 Å². The Balaban J connectivity index is 1.53. The van der Waals surface area contributed by atoms with Gasteiger partial charge in [0.15, 0.2) is 0 Å². The van der Waals surface area contributed by atoms with Gasteiger partial charge in [0.25, 0.3) is 0 Å². The average molecular weight is 379 g/mol. The van der Waals surface area contributed by atoms with E-state index in [9.17, 15) is 9.18 Å². The quantitative estimate of drug-likeness (QED) is 0.820. The predicted octanol–water partition coefficient (Wildman–Crippen LogP) is 2.09. The molecule has 1 amide bonds. The van der Waals surface area contributed by atoms with Gasteiger partial charge in [-0.05, 0) is 17.7 Å². The van der Waals surface area contributed by atoms with Crippen molar-refractivity contribution in [3.63, 3.8) is 0 Å². The summed E-state index contributed by atoms with van der Waals surface area (Å²) in [7, 11) is 0. The lowest BCUT2D eigenvalue weighted by Crippen LogP contribution is -2.49. The van der Waals surface area contributed by atoms with Crippen LogP contribution in [0.25, 0.3) is 0 Å². The van der Waals surface area contributed by atoms with Crippen LogP contribution in [0.5, 0.6) is 0 Å². The molecule has 0 radical (unpaired) electrons. The van der Waals surface area contributed by atoms with Crippen LogP contribution in [0.1, 0.15) is 17.3 Å². The number of carbonyl (C=O) groups is 1. The lowest BCUT2D eigenvalue weighted by Gasteiger charge is -2.37. The molecule has 8 heteroatoms. The highest BCUT2D eigenvalue weighted by Crippen LogP contribution is 2.25. The molecule has 1 atom stereocenters. The molecule has 3 heterocycles. The summed E-state index contributed by atoms with van der Waals surface area (Å²) in [5.74, 6) is -0.341. The highest BCUT2D eigenvalue weighted by atomic mass is 35.5. The van der Waals surface area contributed by atoms with Gasteiger partial charge in [0, 0.05) is 38.9 Å². The molecule has 2 aromatic rings. The second-order valence-corrected chi connectivity index (χ2v) is 7.07. The van der Waals surface area contributed by atoms with E-state index in [2.05, 4.69) is 9.88 Å². The molecule has 6 nitrogen and oxygen atoms in total. The summed E-state index contributed by atoms with van der Waals surface area (Å²) in [5.41, 5.74) is 1.81. The van der Waals surface area contributed by atoms with Crippen LogP contribution in [0.3, 0.4) is 0 Å². The minimum Gasteiger partial charge on any atom is -0.378 e. The van der Waals surface area contributed by atoms with Crippen LogP contribution >= 0.6 is 11.6 Å².